The minimum Gasteiger partial charge on any atom is -0.452 e. The Labute approximate surface area is 142 Å². The molecule has 1 amide bonds. The molecule has 0 saturated heterocycles. The van der Waals surface area contributed by atoms with Crippen molar-refractivity contribution in [3.05, 3.63) is 64.7 Å². The minimum atomic E-state index is -0.497. The van der Waals surface area contributed by atoms with E-state index in [0.29, 0.717) is 17.2 Å². The second kappa shape index (κ2) is 7.77. The van der Waals surface area contributed by atoms with Gasteiger partial charge >= 0.3 is 5.97 Å². The van der Waals surface area contributed by atoms with Gasteiger partial charge in [0.1, 0.15) is 0 Å². The predicted octanol–water partition coefficient (Wildman–Crippen LogP) is 4.22. The van der Waals surface area contributed by atoms with Gasteiger partial charge in [-0.2, -0.15) is 0 Å². The van der Waals surface area contributed by atoms with Crippen molar-refractivity contribution in [1.29, 1.82) is 0 Å². The van der Waals surface area contributed by atoms with Gasteiger partial charge < -0.3 is 10.1 Å². The molecule has 2 aromatic carbocycles. The summed E-state index contributed by atoms with van der Waals surface area (Å²) in [5.74, 6) is -0.415. The van der Waals surface area contributed by atoms with E-state index in [1.165, 1.54) is 5.56 Å². The first-order chi connectivity index (χ1) is 11.4. The van der Waals surface area contributed by atoms with E-state index in [2.05, 4.69) is 19.2 Å². The van der Waals surface area contributed by atoms with Crippen molar-refractivity contribution in [2.45, 2.75) is 33.6 Å². The molecule has 0 atom stereocenters. The summed E-state index contributed by atoms with van der Waals surface area (Å²) in [6.45, 7) is 7.82. The van der Waals surface area contributed by atoms with Crippen molar-refractivity contribution in [1.82, 2.24) is 0 Å². The van der Waals surface area contributed by atoms with Crippen LogP contribution < -0.4 is 5.32 Å². The first-order valence-electron chi connectivity index (χ1n) is 8.01. The number of hydrogen-bond donors (Lipinski definition) is 1. The van der Waals surface area contributed by atoms with E-state index in [1.807, 2.05) is 44.2 Å². The second-order valence-corrected chi connectivity index (χ2v) is 6.20. The molecule has 24 heavy (non-hydrogen) atoms. The van der Waals surface area contributed by atoms with E-state index in [9.17, 15) is 9.59 Å². The molecule has 0 aliphatic heterocycles. The van der Waals surface area contributed by atoms with Crippen molar-refractivity contribution >= 4 is 17.6 Å². The lowest BCUT2D eigenvalue weighted by molar-refractivity contribution is -0.119. The SMILES string of the molecule is Cc1ccc(C(=O)OCC(=O)Nc2ccc(C(C)C)cc2)cc1C. The fourth-order valence-electron chi connectivity index (χ4n) is 2.23. The van der Waals surface area contributed by atoms with Crippen LogP contribution in [0.5, 0.6) is 0 Å². The van der Waals surface area contributed by atoms with Crippen molar-refractivity contribution in [2.24, 2.45) is 0 Å². The molecule has 0 aliphatic rings. The third-order valence-electron chi connectivity index (χ3n) is 3.94. The molecular weight excluding hydrogens is 302 g/mol. The average Bonchev–Trinajstić information content (AvgIpc) is 2.55. The van der Waals surface area contributed by atoms with E-state index in [0.717, 1.165) is 11.1 Å². The standard InChI is InChI=1S/C20H23NO3/c1-13(2)16-7-9-18(10-8-16)21-19(22)12-24-20(23)17-6-5-14(3)15(4)11-17/h5-11,13H,12H2,1-4H3,(H,21,22). The lowest BCUT2D eigenvalue weighted by Gasteiger charge is -2.09. The Morgan fingerprint density at radius 3 is 2.25 bits per heavy atom. The zero-order valence-corrected chi connectivity index (χ0v) is 14.6. The van der Waals surface area contributed by atoms with Crippen LogP contribution in [-0.2, 0) is 9.53 Å². The number of carbonyl (C=O) groups is 2. The van der Waals surface area contributed by atoms with Gasteiger partial charge in [-0.05, 0) is 60.7 Å². The smallest absolute Gasteiger partial charge is 0.338 e. The van der Waals surface area contributed by atoms with Gasteiger partial charge in [0.2, 0.25) is 0 Å². The quantitative estimate of drug-likeness (QED) is 0.837. The van der Waals surface area contributed by atoms with Crippen LogP contribution in [0.2, 0.25) is 0 Å². The number of esters is 1. The van der Waals surface area contributed by atoms with Gasteiger partial charge in [-0.1, -0.05) is 32.0 Å². The number of nitrogens with one attached hydrogen (secondary N) is 1. The summed E-state index contributed by atoms with van der Waals surface area (Å²) in [5.41, 5.74) is 4.46. The lowest BCUT2D eigenvalue weighted by Crippen LogP contribution is -2.21. The number of rotatable bonds is 5. The highest BCUT2D eigenvalue weighted by Gasteiger charge is 2.11. The molecule has 4 heteroatoms. The van der Waals surface area contributed by atoms with Crippen LogP contribution in [0, 0.1) is 13.8 Å². The maximum Gasteiger partial charge on any atom is 0.338 e. The normalized spacial score (nSPS) is 10.5. The molecule has 1 N–H and O–H groups in total. The fraction of sp³-hybridized carbons (Fsp3) is 0.300. The van der Waals surface area contributed by atoms with E-state index < -0.39 is 5.97 Å². The highest BCUT2D eigenvalue weighted by molar-refractivity contribution is 5.95. The maximum absolute atomic E-state index is 12.0. The summed E-state index contributed by atoms with van der Waals surface area (Å²) in [5, 5.41) is 2.72. The molecule has 0 radical (unpaired) electrons. The molecule has 0 fully saturated rings. The maximum atomic E-state index is 12.0. The van der Waals surface area contributed by atoms with E-state index >= 15 is 0 Å². The molecule has 0 aliphatic carbocycles. The summed E-state index contributed by atoms with van der Waals surface area (Å²) >= 11 is 0. The molecule has 0 aromatic heterocycles. The zero-order chi connectivity index (χ0) is 17.7. The van der Waals surface area contributed by atoms with Gasteiger partial charge in [0.25, 0.3) is 5.91 Å². The average molecular weight is 325 g/mol. The molecular formula is C20H23NO3. The van der Waals surface area contributed by atoms with E-state index in [4.69, 9.17) is 4.74 Å². The van der Waals surface area contributed by atoms with Crippen molar-refractivity contribution in [3.63, 3.8) is 0 Å². The van der Waals surface area contributed by atoms with Gasteiger partial charge in [0, 0.05) is 5.69 Å². The van der Waals surface area contributed by atoms with Gasteiger partial charge in [-0.25, -0.2) is 4.79 Å². The topological polar surface area (TPSA) is 55.4 Å². The predicted molar refractivity (Wildman–Crippen MR) is 95.4 cm³/mol. The highest BCUT2D eigenvalue weighted by Crippen LogP contribution is 2.17. The number of ether oxygens (including phenoxy) is 1. The number of amides is 1. The molecule has 0 saturated carbocycles. The number of anilines is 1. The third kappa shape index (κ3) is 4.69. The van der Waals surface area contributed by atoms with E-state index in [1.54, 1.807) is 12.1 Å². The van der Waals surface area contributed by atoms with Crippen LogP contribution in [0.25, 0.3) is 0 Å². The van der Waals surface area contributed by atoms with Crippen LogP contribution in [0.3, 0.4) is 0 Å². The van der Waals surface area contributed by atoms with E-state index in [-0.39, 0.29) is 12.5 Å². The first-order valence-corrected chi connectivity index (χ1v) is 8.01. The van der Waals surface area contributed by atoms with Crippen LogP contribution in [0.1, 0.15) is 46.8 Å². The summed E-state index contributed by atoms with van der Waals surface area (Å²) in [4.78, 5) is 23.9. The highest BCUT2D eigenvalue weighted by atomic mass is 16.5. The summed E-state index contributed by atoms with van der Waals surface area (Å²) in [6, 6.07) is 13.0. The number of hydrogen-bond acceptors (Lipinski definition) is 3. The lowest BCUT2D eigenvalue weighted by atomic mass is 10.0. The van der Waals surface area contributed by atoms with Gasteiger partial charge in [-0.3, -0.25) is 4.79 Å². The van der Waals surface area contributed by atoms with Crippen LogP contribution in [-0.4, -0.2) is 18.5 Å². The molecule has 0 spiro atoms. The number of aryl methyl sites for hydroxylation is 2. The molecule has 0 unspecified atom stereocenters. The van der Waals surface area contributed by atoms with Crippen molar-refractivity contribution < 1.29 is 14.3 Å². The minimum absolute atomic E-state index is 0.308. The Bertz CT molecular complexity index is 733. The van der Waals surface area contributed by atoms with Crippen LogP contribution >= 0.6 is 0 Å². The Hall–Kier alpha value is -2.62. The zero-order valence-electron chi connectivity index (χ0n) is 14.6. The summed E-state index contributed by atoms with van der Waals surface area (Å²) < 4.78 is 5.07. The molecule has 0 bridgehead atoms. The third-order valence-corrected chi connectivity index (χ3v) is 3.94. The molecule has 0 heterocycles. The molecule has 4 nitrogen and oxygen atoms in total. The Morgan fingerprint density at radius 2 is 1.67 bits per heavy atom. The second-order valence-electron chi connectivity index (χ2n) is 6.20. The van der Waals surface area contributed by atoms with Gasteiger partial charge in [0.15, 0.2) is 6.61 Å². The van der Waals surface area contributed by atoms with Crippen molar-refractivity contribution in [2.75, 3.05) is 11.9 Å². The number of carbonyl (C=O) groups excluding carboxylic acids is 2. The summed E-state index contributed by atoms with van der Waals surface area (Å²) in [7, 11) is 0. The van der Waals surface area contributed by atoms with Crippen LogP contribution in [0.15, 0.2) is 42.5 Å². The largest absolute Gasteiger partial charge is 0.452 e. The van der Waals surface area contributed by atoms with Gasteiger partial charge in [-0.15, -0.1) is 0 Å². The Morgan fingerprint density at radius 1 is 1.00 bits per heavy atom. The monoisotopic (exact) mass is 325 g/mol. The van der Waals surface area contributed by atoms with Crippen molar-refractivity contribution in [3.8, 4) is 0 Å². The molecule has 2 rings (SSSR count). The van der Waals surface area contributed by atoms with Gasteiger partial charge in [0.05, 0.1) is 5.56 Å². The molecule has 2 aromatic rings. The first kappa shape index (κ1) is 17.7. The van der Waals surface area contributed by atoms with Crippen LogP contribution in [0.4, 0.5) is 5.69 Å². The fourth-order valence-corrected chi connectivity index (χ4v) is 2.23. The number of benzene rings is 2. The Balaban J connectivity index is 1.88. The summed E-state index contributed by atoms with van der Waals surface area (Å²) in [6.07, 6.45) is 0. The molecule has 126 valence electrons. The Kier molecular flexibility index (Phi) is 5.74.